The molecule has 0 saturated carbocycles. The van der Waals surface area contributed by atoms with Gasteiger partial charge in [0.05, 0.1) is 12.7 Å². The van der Waals surface area contributed by atoms with E-state index >= 15 is 0 Å². The van der Waals surface area contributed by atoms with Gasteiger partial charge in [0.1, 0.15) is 5.75 Å². The lowest BCUT2D eigenvalue weighted by molar-refractivity contribution is 0.0579. The Morgan fingerprint density at radius 2 is 1.77 bits per heavy atom. The fraction of sp³-hybridized carbons (Fsp3) is 0.381. The molecule has 2 aromatic rings. The predicted octanol–water partition coefficient (Wildman–Crippen LogP) is 3.26. The number of nitrogens with one attached hydrogen (secondary N) is 1. The molecule has 0 radical (unpaired) electrons. The maximum absolute atomic E-state index is 12.9. The fourth-order valence-electron chi connectivity index (χ4n) is 3.45. The van der Waals surface area contributed by atoms with E-state index in [1.807, 2.05) is 36.2 Å². The second kappa shape index (κ2) is 8.23. The lowest BCUT2D eigenvalue weighted by Gasteiger charge is -2.38. The average Bonchev–Trinajstić information content (AvgIpc) is 2.73. The number of nitrogens with zero attached hydrogens (tertiary/aromatic N) is 2. The summed E-state index contributed by atoms with van der Waals surface area (Å²) in [5.74, 6) is 0.651. The van der Waals surface area contributed by atoms with Crippen molar-refractivity contribution in [1.29, 1.82) is 0 Å². The van der Waals surface area contributed by atoms with Gasteiger partial charge in [-0.15, -0.1) is 0 Å². The zero-order chi connectivity index (χ0) is 18.5. The third kappa shape index (κ3) is 3.83. The molecular formula is C21H27N3O2. The van der Waals surface area contributed by atoms with Crippen LogP contribution in [0.2, 0.25) is 0 Å². The highest BCUT2D eigenvalue weighted by Crippen LogP contribution is 2.26. The number of piperazine rings is 1. The minimum absolute atomic E-state index is 0.0384. The van der Waals surface area contributed by atoms with Crippen LogP contribution in [-0.2, 0) is 0 Å². The molecule has 1 atom stereocenters. The predicted molar refractivity (Wildman–Crippen MR) is 105 cm³/mol. The summed E-state index contributed by atoms with van der Waals surface area (Å²) in [5, 5.41) is 3.07. The molecule has 5 nitrogen and oxygen atoms in total. The van der Waals surface area contributed by atoms with Crippen molar-refractivity contribution in [3.05, 3.63) is 59.7 Å². The Morgan fingerprint density at radius 1 is 1.08 bits per heavy atom. The van der Waals surface area contributed by atoms with Crippen LogP contribution >= 0.6 is 0 Å². The molecule has 2 aromatic carbocycles. The molecule has 138 valence electrons. The topological polar surface area (TPSA) is 44.8 Å². The minimum Gasteiger partial charge on any atom is -0.496 e. The summed E-state index contributed by atoms with van der Waals surface area (Å²) >= 11 is 0. The van der Waals surface area contributed by atoms with Crippen LogP contribution in [0.5, 0.6) is 5.75 Å². The molecule has 1 aliphatic heterocycles. The molecule has 0 aliphatic carbocycles. The molecule has 1 fully saturated rings. The number of benzene rings is 2. The second-order valence-corrected chi connectivity index (χ2v) is 6.58. The molecular weight excluding hydrogens is 326 g/mol. The van der Waals surface area contributed by atoms with Crippen molar-refractivity contribution < 1.29 is 9.53 Å². The van der Waals surface area contributed by atoms with Crippen molar-refractivity contribution in [1.82, 2.24) is 9.80 Å². The van der Waals surface area contributed by atoms with E-state index in [1.165, 1.54) is 5.56 Å². The van der Waals surface area contributed by atoms with Crippen molar-refractivity contribution in [3.63, 3.8) is 0 Å². The summed E-state index contributed by atoms with van der Waals surface area (Å²) in [6.45, 7) is 5.43. The third-order valence-electron chi connectivity index (χ3n) is 5.15. The van der Waals surface area contributed by atoms with E-state index in [4.69, 9.17) is 4.74 Å². The molecule has 3 rings (SSSR count). The third-order valence-corrected chi connectivity index (χ3v) is 5.15. The van der Waals surface area contributed by atoms with E-state index < -0.39 is 0 Å². The number of methoxy groups -OCH3 is 1. The van der Waals surface area contributed by atoms with Crippen LogP contribution in [0.4, 0.5) is 5.69 Å². The highest BCUT2D eigenvalue weighted by Gasteiger charge is 2.26. The molecule has 1 N–H and O–H groups in total. The Morgan fingerprint density at radius 3 is 2.38 bits per heavy atom. The molecule has 0 aromatic heterocycles. The summed E-state index contributed by atoms with van der Waals surface area (Å²) < 4.78 is 5.42. The van der Waals surface area contributed by atoms with Gasteiger partial charge in [-0.25, -0.2) is 0 Å². The summed E-state index contributed by atoms with van der Waals surface area (Å²) in [6.07, 6.45) is 0. The highest BCUT2D eigenvalue weighted by molar-refractivity contribution is 5.97. The van der Waals surface area contributed by atoms with E-state index in [-0.39, 0.29) is 5.91 Å². The van der Waals surface area contributed by atoms with E-state index in [1.54, 1.807) is 7.11 Å². The normalized spacial score (nSPS) is 16.2. The van der Waals surface area contributed by atoms with Crippen LogP contribution in [0.3, 0.4) is 0 Å². The molecule has 1 saturated heterocycles. The molecule has 0 spiro atoms. The van der Waals surface area contributed by atoms with Crippen LogP contribution in [0.1, 0.15) is 28.9 Å². The van der Waals surface area contributed by atoms with Crippen LogP contribution in [0, 0.1) is 0 Å². The Bertz CT molecular complexity index is 740. The van der Waals surface area contributed by atoms with Crippen molar-refractivity contribution in [2.75, 3.05) is 45.7 Å². The molecule has 26 heavy (non-hydrogen) atoms. The zero-order valence-electron chi connectivity index (χ0n) is 15.7. The van der Waals surface area contributed by atoms with Crippen LogP contribution in [-0.4, -0.2) is 56.0 Å². The summed E-state index contributed by atoms with van der Waals surface area (Å²) in [4.78, 5) is 17.3. The summed E-state index contributed by atoms with van der Waals surface area (Å²) in [7, 11) is 3.45. The number of hydrogen-bond acceptors (Lipinski definition) is 4. The van der Waals surface area contributed by atoms with Gasteiger partial charge in [-0.1, -0.05) is 30.3 Å². The Balaban J connectivity index is 1.65. The Hall–Kier alpha value is -2.53. The number of rotatable bonds is 5. The van der Waals surface area contributed by atoms with Crippen molar-refractivity contribution in [2.45, 2.75) is 13.0 Å². The molecule has 1 aliphatic rings. The van der Waals surface area contributed by atoms with Gasteiger partial charge in [0, 0.05) is 51.0 Å². The van der Waals surface area contributed by atoms with E-state index in [0.29, 0.717) is 17.4 Å². The number of carbonyl (C=O) groups is 1. The van der Waals surface area contributed by atoms with Crippen LogP contribution < -0.4 is 10.1 Å². The van der Waals surface area contributed by atoms with Gasteiger partial charge in [-0.2, -0.15) is 0 Å². The molecule has 0 bridgehead atoms. The number of amides is 1. The van der Waals surface area contributed by atoms with Gasteiger partial charge >= 0.3 is 0 Å². The second-order valence-electron chi connectivity index (χ2n) is 6.58. The van der Waals surface area contributed by atoms with E-state index in [9.17, 15) is 4.79 Å². The van der Waals surface area contributed by atoms with Gasteiger partial charge in [-0.3, -0.25) is 9.69 Å². The standard InChI is InChI=1S/C21H27N3O2/c1-16(17-7-5-4-6-8-17)23-11-13-24(14-12-23)21(25)19-10-9-18(22-2)15-20(19)26-3/h4-10,15-16,22H,11-14H2,1-3H3. The number of anilines is 1. The number of ether oxygens (including phenoxy) is 1. The Labute approximate surface area is 155 Å². The Kier molecular flexibility index (Phi) is 5.78. The first kappa shape index (κ1) is 18.3. The van der Waals surface area contributed by atoms with Gasteiger partial charge in [0.2, 0.25) is 0 Å². The van der Waals surface area contributed by atoms with Gasteiger partial charge in [0.25, 0.3) is 5.91 Å². The van der Waals surface area contributed by atoms with Crippen molar-refractivity contribution >= 4 is 11.6 Å². The molecule has 1 unspecified atom stereocenters. The SMILES string of the molecule is CNc1ccc(C(=O)N2CCN(C(C)c3ccccc3)CC2)c(OC)c1. The maximum atomic E-state index is 12.9. The number of carbonyl (C=O) groups excluding carboxylic acids is 1. The van der Waals surface area contributed by atoms with E-state index in [0.717, 1.165) is 31.9 Å². The van der Waals surface area contributed by atoms with Crippen LogP contribution in [0.15, 0.2) is 48.5 Å². The maximum Gasteiger partial charge on any atom is 0.257 e. The van der Waals surface area contributed by atoms with Gasteiger partial charge < -0.3 is 15.0 Å². The largest absolute Gasteiger partial charge is 0.496 e. The smallest absolute Gasteiger partial charge is 0.257 e. The summed E-state index contributed by atoms with van der Waals surface area (Å²) in [5.41, 5.74) is 2.87. The minimum atomic E-state index is 0.0384. The highest BCUT2D eigenvalue weighted by atomic mass is 16.5. The first-order valence-electron chi connectivity index (χ1n) is 9.08. The van der Waals surface area contributed by atoms with Gasteiger partial charge in [0.15, 0.2) is 0 Å². The first-order valence-corrected chi connectivity index (χ1v) is 9.08. The van der Waals surface area contributed by atoms with Crippen LogP contribution in [0.25, 0.3) is 0 Å². The quantitative estimate of drug-likeness (QED) is 0.896. The lowest BCUT2D eigenvalue weighted by Crippen LogP contribution is -2.49. The van der Waals surface area contributed by atoms with Crippen molar-refractivity contribution in [2.24, 2.45) is 0 Å². The fourth-order valence-corrected chi connectivity index (χ4v) is 3.45. The monoisotopic (exact) mass is 353 g/mol. The lowest BCUT2D eigenvalue weighted by atomic mass is 10.1. The van der Waals surface area contributed by atoms with Gasteiger partial charge in [-0.05, 0) is 24.6 Å². The van der Waals surface area contributed by atoms with E-state index in [2.05, 4.69) is 41.4 Å². The van der Waals surface area contributed by atoms with Crippen molar-refractivity contribution in [3.8, 4) is 5.75 Å². The number of hydrogen-bond donors (Lipinski definition) is 1. The average molecular weight is 353 g/mol. The first-order chi connectivity index (χ1) is 12.6. The summed E-state index contributed by atoms with van der Waals surface area (Å²) in [6, 6.07) is 16.5. The molecule has 5 heteroatoms. The molecule has 1 heterocycles. The molecule has 1 amide bonds. The zero-order valence-corrected chi connectivity index (χ0v) is 15.7.